The molecular weight excluding hydrogens is 370 g/mol. The number of carbonyl (C=O) groups excluding carboxylic acids is 1. The summed E-state index contributed by atoms with van der Waals surface area (Å²) in [6, 6.07) is 22.3. The lowest BCUT2D eigenvalue weighted by Gasteiger charge is -2.21. The quantitative estimate of drug-likeness (QED) is 0.342. The maximum Gasteiger partial charge on any atom is 0.260 e. The van der Waals surface area contributed by atoms with Gasteiger partial charge in [0.15, 0.2) is 5.82 Å². The number of rotatable bonds is 8. The number of benzene rings is 3. The summed E-state index contributed by atoms with van der Waals surface area (Å²) in [4.78, 5) is 15.7. The number of hydrogen-bond acceptors (Lipinski definition) is 2. The van der Waals surface area contributed by atoms with Gasteiger partial charge in [-0.3, -0.25) is 14.4 Å². The molecule has 0 aliphatic rings. The summed E-state index contributed by atoms with van der Waals surface area (Å²) in [7, 11) is 0. The number of fused-ring (bicyclic) bond motifs is 2. The Labute approximate surface area is 178 Å². The van der Waals surface area contributed by atoms with Gasteiger partial charge in [0.25, 0.3) is 5.91 Å². The Morgan fingerprint density at radius 3 is 2.37 bits per heavy atom. The number of unbranched alkanes of at least 4 members (excludes halogenated alkanes) is 2. The van der Waals surface area contributed by atoms with Crippen LogP contribution >= 0.6 is 0 Å². The van der Waals surface area contributed by atoms with Crippen LogP contribution in [0.4, 0.5) is 5.82 Å². The van der Waals surface area contributed by atoms with Crippen LogP contribution in [0.3, 0.4) is 0 Å². The molecule has 0 fully saturated rings. The molecule has 4 heteroatoms. The van der Waals surface area contributed by atoms with Crippen molar-refractivity contribution in [2.24, 2.45) is 0 Å². The van der Waals surface area contributed by atoms with E-state index in [4.69, 9.17) is 5.10 Å². The van der Waals surface area contributed by atoms with Gasteiger partial charge in [-0.05, 0) is 41.8 Å². The average Bonchev–Trinajstić information content (AvgIpc) is 3.16. The van der Waals surface area contributed by atoms with E-state index in [1.807, 2.05) is 47.4 Å². The van der Waals surface area contributed by atoms with E-state index in [0.29, 0.717) is 6.54 Å². The van der Waals surface area contributed by atoms with Gasteiger partial charge in [0, 0.05) is 24.0 Å². The summed E-state index contributed by atoms with van der Waals surface area (Å²) in [6.45, 7) is 5.86. The zero-order chi connectivity index (χ0) is 20.9. The lowest BCUT2D eigenvalue weighted by molar-refractivity contribution is 0.0987. The summed E-state index contributed by atoms with van der Waals surface area (Å²) in [5.41, 5.74) is 1.82. The van der Waals surface area contributed by atoms with Gasteiger partial charge in [0.2, 0.25) is 0 Å². The highest BCUT2D eigenvalue weighted by atomic mass is 16.2. The van der Waals surface area contributed by atoms with Crippen LogP contribution in [0.2, 0.25) is 0 Å². The number of hydrogen-bond donors (Lipinski definition) is 0. The van der Waals surface area contributed by atoms with E-state index in [2.05, 4.69) is 42.8 Å². The van der Waals surface area contributed by atoms with Crippen LogP contribution in [-0.4, -0.2) is 22.2 Å². The molecule has 4 aromatic rings. The highest BCUT2D eigenvalue weighted by molar-refractivity contribution is 6.15. The standard InChI is InChI=1S/C26H29N3O/c1-3-5-18-28(26(30)22-16-11-13-20-12-7-8-14-21(20)22)25-23-15-9-10-17-24(23)29(27-25)19-6-4-2/h7-17H,3-6,18-19H2,1-2H3. The van der Waals surface area contributed by atoms with Crippen molar-refractivity contribution in [1.82, 2.24) is 9.78 Å². The highest BCUT2D eigenvalue weighted by Gasteiger charge is 2.24. The van der Waals surface area contributed by atoms with Gasteiger partial charge in [-0.1, -0.05) is 75.2 Å². The zero-order valence-corrected chi connectivity index (χ0v) is 17.8. The molecule has 0 unspecified atom stereocenters. The molecule has 0 saturated carbocycles. The van der Waals surface area contributed by atoms with Crippen molar-refractivity contribution in [2.45, 2.75) is 46.1 Å². The Kier molecular flexibility index (Phi) is 6.12. The average molecular weight is 400 g/mol. The van der Waals surface area contributed by atoms with Gasteiger partial charge in [0.1, 0.15) is 0 Å². The number of anilines is 1. The lowest BCUT2D eigenvalue weighted by atomic mass is 10.0. The Hall–Kier alpha value is -3.14. The second-order valence-electron chi connectivity index (χ2n) is 7.75. The molecule has 0 aliphatic heterocycles. The Bertz CT molecular complexity index is 1160. The minimum atomic E-state index is 0.0196. The molecule has 154 valence electrons. The minimum Gasteiger partial charge on any atom is -0.291 e. The highest BCUT2D eigenvalue weighted by Crippen LogP contribution is 2.29. The summed E-state index contributed by atoms with van der Waals surface area (Å²) in [6.07, 6.45) is 4.13. The monoisotopic (exact) mass is 399 g/mol. The summed E-state index contributed by atoms with van der Waals surface area (Å²) < 4.78 is 2.06. The number of amides is 1. The molecule has 0 spiro atoms. The van der Waals surface area contributed by atoms with Crippen molar-refractivity contribution in [3.8, 4) is 0 Å². The fourth-order valence-corrected chi connectivity index (χ4v) is 3.96. The number of para-hydroxylation sites is 1. The van der Waals surface area contributed by atoms with Gasteiger partial charge in [-0.25, -0.2) is 0 Å². The molecule has 3 aromatic carbocycles. The van der Waals surface area contributed by atoms with E-state index in [-0.39, 0.29) is 5.91 Å². The Morgan fingerprint density at radius 2 is 1.57 bits per heavy atom. The maximum absolute atomic E-state index is 13.8. The molecule has 30 heavy (non-hydrogen) atoms. The molecule has 0 radical (unpaired) electrons. The lowest BCUT2D eigenvalue weighted by Crippen LogP contribution is -2.32. The Morgan fingerprint density at radius 1 is 0.867 bits per heavy atom. The molecule has 1 amide bonds. The van der Waals surface area contributed by atoms with Crippen molar-refractivity contribution in [3.63, 3.8) is 0 Å². The number of aryl methyl sites for hydroxylation is 1. The number of aromatic nitrogens is 2. The van der Waals surface area contributed by atoms with Crippen molar-refractivity contribution >= 4 is 33.4 Å². The van der Waals surface area contributed by atoms with Crippen LogP contribution in [0.15, 0.2) is 66.7 Å². The summed E-state index contributed by atoms with van der Waals surface area (Å²) in [5, 5.41) is 8.04. The predicted molar refractivity (Wildman–Crippen MR) is 125 cm³/mol. The fourth-order valence-electron chi connectivity index (χ4n) is 3.96. The molecule has 4 nitrogen and oxygen atoms in total. The first-order chi connectivity index (χ1) is 14.7. The van der Waals surface area contributed by atoms with Crippen LogP contribution in [0.1, 0.15) is 49.9 Å². The molecule has 1 aromatic heterocycles. The molecule has 0 N–H and O–H groups in total. The van der Waals surface area contributed by atoms with Gasteiger partial charge in [-0.2, -0.15) is 5.10 Å². The van der Waals surface area contributed by atoms with Crippen LogP contribution in [0.5, 0.6) is 0 Å². The zero-order valence-electron chi connectivity index (χ0n) is 17.8. The van der Waals surface area contributed by atoms with Gasteiger partial charge >= 0.3 is 0 Å². The first kappa shape index (κ1) is 20.1. The topological polar surface area (TPSA) is 38.1 Å². The van der Waals surface area contributed by atoms with Gasteiger partial charge in [0.05, 0.1) is 5.52 Å². The normalized spacial score (nSPS) is 11.3. The Balaban J connectivity index is 1.83. The number of nitrogens with zero attached hydrogens (tertiary/aromatic N) is 3. The third-order valence-corrected chi connectivity index (χ3v) is 5.62. The van der Waals surface area contributed by atoms with E-state index >= 15 is 0 Å². The van der Waals surface area contributed by atoms with Crippen molar-refractivity contribution < 1.29 is 4.79 Å². The van der Waals surface area contributed by atoms with E-state index in [9.17, 15) is 4.79 Å². The van der Waals surface area contributed by atoms with Crippen LogP contribution in [0.25, 0.3) is 21.7 Å². The van der Waals surface area contributed by atoms with Gasteiger partial charge in [-0.15, -0.1) is 0 Å². The molecule has 0 saturated heterocycles. The van der Waals surface area contributed by atoms with Gasteiger partial charge < -0.3 is 0 Å². The molecular formula is C26H29N3O. The summed E-state index contributed by atoms with van der Waals surface area (Å²) in [5.74, 6) is 0.791. The fraction of sp³-hybridized carbons (Fsp3) is 0.308. The molecule has 4 rings (SSSR count). The van der Waals surface area contributed by atoms with E-state index in [1.54, 1.807) is 0 Å². The van der Waals surface area contributed by atoms with Crippen LogP contribution in [0, 0.1) is 0 Å². The van der Waals surface area contributed by atoms with Crippen molar-refractivity contribution in [2.75, 3.05) is 11.4 Å². The van der Waals surface area contributed by atoms with Crippen molar-refractivity contribution in [1.29, 1.82) is 0 Å². The molecule has 0 bridgehead atoms. The van der Waals surface area contributed by atoms with Crippen molar-refractivity contribution in [3.05, 3.63) is 72.3 Å². The molecule has 0 aliphatic carbocycles. The minimum absolute atomic E-state index is 0.0196. The SMILES string of the molecule is CCCCN(C(=O)c1cccc2ccccc12)c1nn(CCCC)c2ccccc12. The van der Waals surface area contributed by atoms with E-state index in [0.717, 1.165) is 65.3 Å². The first-order valence-electron chi connectivity index (χ1n) is 11.0. The predicted octanol–water partition coefficient (Wildman–Crippen LogP) is 6.44. The van der Waals surface area contributed by atoms with E-state index < -0.39 is 0 Å². The summed E-state index contributed by atoms with van der Waals surface area (Å²) >= 11 is 0. The van der Waals surface area contributed by atoms with Crippen LogP contribution in [-0.2, 0) is 6.54 Å². The number of carbonyl (C=O) groups is 1. The second kappa shape index (κ2) is 9.12. The maximum atomic E-state index is 13.8. The van der Waals surface area contributed by atoms with Crippen LogP contribution < -0.4 is 4.90 Å². The third kappa shape index (κ3) is 3.82. The second-order valence-corrected chi connectivity index (χ2v) is 7.75. The molecule has 0 atom stereocenters. The first-order valence-corrected chi connectivity index (χ1v) is 11.0. The largest absolute Gasteiger partial charge is 0.291 e. The third-order valence-electron chi connectivity index (χ3n) is 5.62. The molecule has 1 heterocycles. The van der Waals surface area contributed by atoms with E-state index in [1.165, 1.54) is 0 Å². The smallest absolute Gasteiger partial charge is 0.260 e.